The number of nitrogens with zero attached hydrogens (tertiary/aromatic N) is 1. The van der Waals surface area contributed by atoms with E-state index in [0.29, 0.717) is 11.7 Å². The van der Waals surface area contributed by atoms with Crippen molar-refractivity contribution < 1.29 is 14.0 Å². The molecule has 2 heterocycles. The van der Waals surface area contributed by atoms with Crippen molar-refractivity contribution in [1.29, 1.82) is 0 Å². The van der Waals surface area contributed by atoms with Crippen LogP contribution >= 0.6 is 22.7 Å². The highest BCUT2D eigenvalue weighted by atomic mass is 32.1. The van der Waals surface area contributed by atoms with Crippen LogP contribution in [-0.2, 0) is 21.5 Å². The summed E-state index contributed by atoms with van der Waals surface area (Å²) in [6.07, 6.45) is 1.50. The van der Waals surface area contributed by atoms with Gasteiger partial charge in [0, 0.05) is 16.7 Å². The highest BCUT2D eigenvalue weighted by Crippen LogP contribution is 2.49. The fourth-order valence-electron chi connectivity index (χ4n) is 3.25. The normalized spacial score (nSPS) is 14.4. The van der Waals surface area contributed by atoms with Crippen molar-refractivity contribution in [3.63, 3.8) is 0 Å². The molecule has 1 saturated carbocycles. The van der Waals surface area contributed by atoms with Gasteiger partial charge in [-0.3, -0.25) is 9.59 Å². The van der Waals surface area contributed by atoms with E-state index in [1.165, 1.54) is 30.4 Å². The maximum Gasteiger partial charge on any atom is 0.236 e. The van der Waals surface area contributed by atoms with Crippen LogP contribution in [0.3, 0.4) is 0 Å². The number of thiazole rings is 1. The van der Waals surface area contributed by atoms with Crippen molar-refractivity contribution in [1.82, 2.24) is 10.3 Å². The van der Waals surface area contributed by atoms with Gasteiger partial charge in [0.15, 0.2) is 5.13 Å². The number of anilines is 1. The van der Waals surface area contributed by atoms with E-state index in [2.05, 4.69) is 15.6 Å². The third-order valence-corrected chi connectivity index (χ3v) is 6.98. The van der Waals surface area contributed by atoms with Crippen LogP contribution < -0.4 is 10.6 Å². The molecule has 1 aliphatic carbocycles. The number of hydrogen-bond donors (Lipinski definition) is 2. The molecule has 0 bridgehead atoms. The molecule has 8 heteroatoms. The molecule has 0 atom stereocenters. The predicted molar refractivity (Wildman–Crippen MR) is 114 cm³/mol. The van der Waals surface area contributed by atoms with Crippen LogP contribution in [0, 0.1) is 12.7 Å². The van der Waals surface area contributed by atoms with Crippen LogP contribution in [0.2, 0.25) is 0 Å². The first kappa shape index (κ1) is 19.7. The fourth-order valence-corrected chi connectivity index (χ4v) is 5.13. The molecule has 0 unspecified atom stereocenters. The number of thiophene rings is 1. The molecule has 0 saturated heterocycles. The van der Waals surface area contributed by atoms with Crippen LogP contribution in [0.5, 0.6) is 0 Å². The lowest BCUT2D eigenvalue weighted by Gasteiger charge is -2.14. The lowest BCUT2D eigenvalue weighted by Crippen LogP contribution is -2.27. The predicted octanol–water partition coefficient (Wildman–Crippen LogP) is 4.63. The van der Waals surface area contributed by atoms with E-state index in [0.717, 1.165) is 38.7 Å². The Morgan fingerprint density at radius 1 is 1.14 bits per heavy atom. The first-order chi connectivity index (χ1) is 13.9. The van der Waals surface area contributed by atoms with Crippen molar-refractivity contribution in [2.75, 3.05) is 5.32 Å². The zero-order valence-corrected chi connectivity index (χ0v) is 17.7. The average Bonchev–Trinajstić information content (AvgIpc) is 3.22. The number of nitrogens with one attached hydrogen (secondary N) is 2. The largest absolute Gasteiger partial charge is 0.351 e. The summed E-state index contributed by atoms with van der Waals surface area (Å²) in [4.78, 5) is 31.7. The van der Waals surface area contributed by atoms with Gasteiger partial charge in [0.1, 0.15) is 5.82 Å². The molecule has 0 spiro atoms. The fraction of sp³-hybridized carbons (Fsp3) is 0.286. The van der Waals surface area contributed by atoms with Crippen LogP contribution in [0.1, 0.15) is 35.1 Å². The number of halogens is 1. The van der Waals surface area contributed by atoms with Gasteiger partial charge in [0.05, 0.1) is 22.5 Å². The number of carbonyl (C=O) groups excluding carboxylic acids is 2. The Bertz CT molecular complexity index is 1070. The summed E-state index contributed by atoms with van der Waals surface area (Å²) in [5.41, 5.74) is 1.10. The smallest absolute Gasteiger partial charge is 0.236 e. The number of aromatic nitrogens is 1. The van der Waals surface area contributed by atoms with E-state index < -0.39 is 5.41 Å². The van der Waals surface area contributed by atoms with Crippen LogP contribution in [-0.4, -0.2) is 16.8 Å². The van der Waals surface area contributed by atoms with Crippen molar-refractivity contribution in [2.24, 2.45) is 0 Å². The molecular formula is C21H20FN3O2S2. The summed E-state index contributed by atoms with van der Waals surface area (Å²) in [6.45, 7) is 3.96. The molecule has 2 amide bonds. The van der Waals surface area contributed by atoms with Gasteiger partial charge in [-0.1, -0.05) is 12.1 Å². The third kappa shape index (κ3) is 4.09. The topological polar surface area (TPSA) is 71.1 Å². The molecule has 3 aromatic rings. The highest BCUT2D eigenvalue weighted by Gasteiger charge is 2.51. The molecule has 0 radical (unpaired) electrons. The molecule has 1 aromatic carbocycles. The SMILES string of the molecule is CC(=O)NCc1ccc(-c2nc(NC(=O)C3(c4ccc(F)cc4)CC3)sc2C)s1. The summed E-state index contributed by atoms with van der Waals surface area (Å²) >= 11 is 3.01. The summed E-state index contributed by atoms with van der Waals surface area (Å²) in [7, 11) is 0. The molecule has 2 N–H and O–H groups in total. The first-order valence-corrected chi connectivity index (χ1v) is 10.9. The molecule has 0 aliphatic heterocycles. The van der Waals surface area contributed by atoms with Gasteiger partial charge in [-0.25, -0.2) is 9.37 Å². The van der Waals surface area contributed by atoms with Crippen molar-refractivity contribution in [2.45, 2.75) is 38.6 Å². The average molecular weight is 430 g/mol. The Balaban J connectivity index is 1.49. The standard InChI is InChI=1S/C21H20FN3O2S2/c1-12-18(17-8-7-16(29-17)11-23-13(2)26)24-20(28-12)25-19(27)21(9-10-21)14-3-5-15(22)6-4-14/h3-8H,9-11H2,1-2H3,(H,23,26)(H,24,25,27). The molecule has 1 fully saturated rings. The van der Waals surface area contributed by atoms with Crippen molar-refractivity contribution >= 4 is 39.6 Å². The lowest BCUT2D eigenvalue weighted by molar-refractivity contribution is -0.119. The maximum atomic E-state index is 13.2. The summed E-state index contributed by atoms with van der Waals surface area (Å²) < 4.78 is 13.2. The van der Waals surface area contributed by atoms with Gasteiger partial charge >= 0.3 is 0 Å². The summed E-state index contributed by atoms with van der Waals surface area (Å²) in [5.74, 6) is -0.467. The second-order valence-corrected chi connectivity index (χ2v) is 9.51. The van der Waals surface area contributed by atoms with E-state index >= 15 is 0 Å². The summed E-state index contributed by atoms with van der Waals surface area (Å²) in [6, 6.07) is 10.1. The molecule has 5 nitrogen and oxygen atoms in total. The lowest BCUT2D eigenvalue weighted by atomic mass is 9.95. The van der Waals surface area contributed by atoms with Crippen molar-refractivity contribution in [3.05, 3.63) is 57.5 Å². The van der Waals surface area contributed by atoms with Gasteiger partial charge in [-0.05, 0) is 49.6 Å². The first-order valence-electron chi connectivity index (χ1n) is 9.26. The van der Waals surface area contributed by atoms with Gasteiger partial charge < -0.3 is 10.6 Å². The number of carbonyl (C=O) groups is 2. The number of rotatable bonds is 6. The minimum Gasteiger partial charge on any atom is -0.351 e. The minimum atomic E-state index is -0.581. The third-order valence-electron chi connectivity index (χ3n) is 5.01. The molecule has 1 aliphatic rings. The van der Waals surface area contributed by atoms with Crippen molar-refractivity contribution in [3.8, 4) is 10.6 Å². The van der Waals surface area contributed by atoms with Gasteiger partial charge in [0.2, 0.25) is 11.8 Å². The highest BCUT2D eigenvalue weighted by molar-refractivity contribution is 7.18. The van der Waals surface area contributed by atoms with Crippen LogP contribution in [0.25, 0.3) is 10.6 Å². The molecule has 4 rings (SSSR count). The van der Waals surface area contributed by atoms with Crippen LogP contribution in [0.15, 0.2) is 36.4 Å². The van der Waals surface area contributed by atoms with Gasteiger partial charge in [0.25, 0.3) is 0 Å². The monoisotopic (exact) mass is 429 g/mol. The van der Waals surface area contributed by atoms with E-state index in [9.17, 15) is 14.0 Å². The zero-order chi connectivity index (χ0) is 20.6. The van der Waals surface area contributed by atoms with E-state index in [1.54, 1.807) is 23.5 Å². The Kier molecular flexibility index (Phi) is 5.23. The Hall–Kier alpha value is -2.58. The second kappa shape index (κ2) is 7.68. The molecule has 2 aromatic heterocycles. The Labute approximate surface area is 176 Å². The zero-order valence-electron chi connectivity index (χ0n) is 16.0. The van der Waals surface area contributed by atoms with E-state index in [-0.39, 0.29) is 17.6 Å². The van der Waals surface area contributed by atoms with Gasteiger partial charge in [-0.15, -0.1) is 22.7 Å². The second-order valence-electron chi connectivity index (χ2n) is 7.14. The van der Waals surface area contributed by atoms with Gasteiger partial charge in [-0.2, -0.15) is 0 Å². The Morgan fingerprint density at radius 3 is 2.52 bits per heavy atom. The van der Waals surface area contributed by atoms with E-state index in [1.807, 2.05) is 19.1 Å². The Morgan fingerprint density at radius 2 is 1.86 bits per heavy atom. The number of aryl methyl sites for hydroxylation is 1. The number of amides is 2. The van der Waals surface area contributed by atoms with Crippen LogP contribution in [0.4, 0.5) is 9.52 Å². The van der Waals surface area contributed by atoms with E-state index in [4.69, 9.17) is 0 Å². The quantitative estimate of drug-likeness (QED) is 0.600. The molecule has 29 heavy (non-hydrogen) atoms. The maximum absolute atomic E-state index is 13.2. The number of benzene rings is 1. The molecule has 150 valence electrons. The number of hydrogen-bond acceptors (Lipinski definition) is 5. The molecular weight excluding hydrogens is 409 g/mol. The summed E-state index contributed by atoms with van der Waals surface area (Å²) in [5, 5.41) is 6.31. The minimum absolute atomic E-state index is 0.0649.